The summed E-state index contributed by atoms with van der Waals surface area (Å²) < 4.78 is 11.7. The van der Waals surface area contributed by atoms with Crippen LogP contribution in [0.3, 0.4) is 0 Å². The van der Waals surface area contributed by atoms with Crippen LogP contribution in [-0.4, -0.2) is 33.7 Å². The maximum absolute atomic E-state index is 11.7. The SMILES string of the molecule is CCS(=O)C1CCCC(NC(=O)CCN)C1.Cl. The highest BCUT2D eigenvalue weighted by Gasteiger charge is 2.26. The van der Waals surface area contributed by atoms with E-state index in [0.29, 0.717) is 18.7 Å². The van der Waals surface area contributed by atoms with Gasteiger partial charge < -0.3 is 11.1 Å². The van der Waals surface area contributed by atoms with Gasteiger partial charge in [-0.3, -0.25) is 9.00 Å². The Morgan fingerprint density at radius 2 is 2.18 bits per heavy atom. The summed E-state index contributed by atoms with van der Waals surface area (Å²) in [6, 6.07) is 0.202. The summed E-state index contributed by atoms with van der Waals surface area (Å²) in [5.74, 6) is 0.740. The average Bonchev–Trinajstić information content (AvgIpc) is 2.28. The Kier molecular flexibility index (Phi) is 8.82. The molecule has 1 fully saturated rings. The Morgan fingerprint density at radius 1 is 1.47 bits per heavy atom. The van der Waals surface area contributed by atoms with Crippen molar-refractivity contribution < 1.29 is 9.00 Å². The molecule has 6 heteroatoms. The maximum atomic E-state index is 11.7. The topological polar surface area (TPSA) is 72.2 Å². The van der Waals surface area contributed by atoms with Crippen LogP contribution in [0.5, 0.6) is 0 Å². The van der Waals surface area contributed by atoms with E-state index >= 15 is 0 Å². The van der Waals surface area contributed by atoms with Gasteiger partial charge in [-0.1, -0.05) is 13.3 Å². The molecule has 0 aromatic rings. The molecule has 3 unspecified atom stereocenters. The number of hydrogen-bond acceptors (Lipinski definition) is 3. The van der Waals surface area contributed by atoms with E-state index in [-0.39, 0.29) is 29.6 Å². The van der Waals surface area contributed by atoms with Gasteiger partial charge in [0.05, 0.1) is 0 Å². The van der Waals surface area contributed by atoms with Crippen molar-refractivity contribution in [2.45, 2.75) is 50.3 Å². The molecule has 3 atom stereocenters. The number of carbonyl (C=O) groups excluding carboxylic acids is 1. The molecular weight excluding hydrogens is 260 g/mol. The molecule has 1 amide bonds. The summed E-state index contributed by atoms with van der Waals surface area (Å²) in [7, 11) is -0.729. The van der Waals surface area contributed by atoms with Crippen molar-refractivity contribution in [2.24, 2.45) is 5.73 Å². The summed E-state index contributed by atoms with van der Waals surface area (Å²) in [6.45, 7) is 2.34. The molecule has 0 aromatic carbocycles. The van der Waals surface area contributed by atoms with Crippen LogP contribution in [0.1, 0.15) is 39.0 Å². The summed E-state index contributed by atoms with van der Waals surface area (Å²) in [5, 5.41) is 3.24. The summed E-state index contributed by atoms with van der Waals surface area (Å²) >= 11 is 0. The summed E-state index contributed by atoms with van der Waals surface area (Å²) in [5.41, 5.74) is 5.32. The predicted molar refractivity (Wildman–Crippen MR) is 73.8 cm³/mol. The fourth-order valence-electron chi connectivity index (χ4n) is 2.18. The van der Waals surface area contributed by atoms with E-state index in [1.54, 1.807) is 0 Å². The molecule has 1 saturated carbocycles. The van der Waals surface area contributed by atoms with Crippen LogP contribution in [0.15, 0.2) is 0 Å². The van der Waals surface area contributed by atoms with E-state index in [9.17, 15) is 9.00 Å². The standard InChI is InChI=1S/C11H22N2O2S.ClH/c1-2-16(15)10-5-3-4-9(8-10)13-11(14)6-7-12;/h9-10H,2-8,12H2,1H3,(H,13,14);1H. The molecule has 0 heterocycles. The second-order valence-electron chi connectivity index (χ2n) is 4.26. The summed E-state index contributed by atoms with van der Waals surface area (Å²) in [4.78, 5) is 11.4. The van der Waals surface area contributed by atoms with Gasteiger partial charge in [-0.15, -0.1) is 12.4 Å². The highest BCUT2D eigenvalue weighted by atomic mass is 35.5. The van der Waals surface area contributed by atoms with Crippen molar-refractivity contribution >= 4 is 29.1 Å². The quantitative estimate of drug-likeness (QED) is 0.789. The van der Waals surface area contributed by atoms with Gasteiger partial charge in [0.15, 0.2) is 0 Å². The van der Waals surface area contributed by atoms with Crippen molar-refractivity contribution in [3.8, 4) is 0 Å². The van der Waals surface area contributed by atoms with E-state index in [4.69, 9.17) is 5.73 Å². The molecule has 1 aliphatic carbocycles. The number of hydrogen-bond donors (Lipinski definition) is 2. The molecule has 4 nitrogen and oxygen atoms in total. The zero-order chi connectivity index (χ0) is 12.0. The van der Waals surface area contributed by atoms with Gasteiger partial charge in [0, 0.05) is 40.8 Å². The molecule has 102 valence electrons. The van der Waals surface area contributed by atoms with Gasteiger partial charge >= 0.3 is 0 Å². The molecule has 0 radical (unpaired) electrons. The molecule has 0 bridgehead atoms. The lowest BCUT2D eigenvalue weighted by Gasteiger charge is -2.29. The third-order valence-electron chi connectivity index (χ3n) is 3.02. The first-order chi connectivity index (χ1) is 7.67. The Labute approximate surface area is 112 Å². The zero-order valence-corrected chi connectivity index (χ0v) is 11.9. The molecule has 0 aliphatic heterocycles. The number of rotatable bonds is 5. The smallest absolute Gasteiger partial charge is 0.221 e. The second-order valence-corrected chi connectivity index (χ2v) is 6.27. The number of amides is 1. The minimum Gasteiger partial charge on any atom is -0.353 e. The van der Waals surface area contributed by atoms with Crippen molar-refractivity contribution in [3.05, 3.63) is 0 Å². The van der Waals surface area contributed by atoms with Crippen molar-refractivity contribution in [2.75, 3.05) is 12.3 Å². The lowest BCUT2D eigenvalue weighted by atomic mass is 9.95. The van der Waals surface area contributed by atoms with E-state index in [2.05, 4.69) is 5.32 Å². The van der Waals surface area contributed by atoms with Crippen LogP contribution < -0.4 is 11.1 Å². The second kappa shape index (κ2) is 8.89. The summed E-state index contributed by atoms with van der Waals surface area (Å²) in [6.07, 6.45) is 4.34. The average molecular weight is 283 g/mol. The normalized spacial score (nSPS) is 25.8. The molecular formula is C11H23ClN2O2S. The van der Waals surface area contributed by atoms with E-state index < -0.39 is 10.8 Å². The minimum absolute atomic E-state index is 0. The van der Waals surface area contributed by atoms with E-state index in [1.807, 2.05) is 6.92 Å². The van der Waals surface area contributed by atoms with Gasteiger partial charge in [0.2, 0.25) is 5.91 Å². The third-order valence-corrected chi connectivity index (χ3v) is 4.76. The van der Waals surface area contributed by atoms with Crippen LogP contribution in [-0.2, 0) is 15.6 Å². The Balaban J connectivity index is 0.00000256. The van der Waals surface area contributed by atoms with Crippen molar-refractivity contribution in [1.82, 2.24) is 5.32 Å². The minimum atomic E-state index is -0.729. The molecule has 0 aromatic heterocycles. The van der Waals surface area contributed by atoms with Gasteiger partial charge in [0.25, 0.3) is 0 Å². The molecule has 3 N–H and O–H groups in total. The maximum Gasteiger partial charge on any atom is 0.221 e. The van der Waals surface area contributed by atoms with Gasteiger partial charge in [-0.25, -0.2) is 0 Å². The number of nitrogens with two attached hydrogens (primary N) is 1. The van der Waals surface area contributed by atoms with Crippen LogP contribution in [0.2, 0.25) is 0 Å². The fourth-order valence-corrected chi connectivity index (χ4v) is 3.53. The third kappa shape index (κ3) is 5.84. The van der Waals surface area contributed by atoms with Crippen LogP contribution >= 0.6 is 12.4 Å². The van der Waals surface area contributed by atoms with Gasteiger partial charge in [0.1, 0.15) is 0 Å². The lowest BCUT2D eigenvalue weighted by Crippen LogP contribution is -2.41. The van der Waals surface area contributed by atoms with Crippen LogP contribution in [0.25, 0.3) is 0 Å². The van der Waals surface area contributed by atoms with E-state index in [1.165, 1.54) is 0 Å². The molecule has 1 aliphatic rings. The number of nitrogens with one attached hydrogen (secondary N) is 1. The Bertz CT molecular complexity index is 264. The van der Waals surface area contributed by atoms with E-state index in [0.717, 1.165) is 25.7 Å². The molecule has 0 spiro atoms. The van der Waals surface area contributed by atoms with Crippen molar-refractivity contribution in [1.29, 1.82) is 0 Å². The first kappa shape index (κ1) is 16.9. The fraction of sp³-hybridized carbons (Fsp3) is 0.909. The van der Waals surface area contributed by atoms with Crippen LogP contribution in [0.4, 0.5) is 0 Å². The van der Waals surface area contributed by atoms with Crippen molar-refractivity contribution in [3.63, 3.8) is 0 Å². The molecule has 0 saturated heterocycles. The first-order valence-electron chi connectivity index (χ1n) is 6.04. The predicted octanol–water partition coefficient (Wildman–Crippen LogP) is 0.953. The number of carbonyl (C=O) groups is 1. The highest BCUT2D eigenvalue weighted by Crippen LogP contribution is 2.22. The molecule has 1 rings (SSSR count). The number of halogens is 1. The molecule has 17 heavy (non-hydrogen) atoms. The first-order valence-corrected chi connectivity index (χ1v) is 7.42. The van der Waals surface area contributed by atoms with Gasteiger partial charge in [-0.2, -0.15) is 0 Å². The van der Waals surface area contributed by atoms with Crippen LogP contribution in [0, 0.1) is 0 Å². The highest BCUT2D eigenvalue weighted by molar-refractivity contribution is 7.85. The monoisotopic (exact) mass is 282 g/mol. The Hall–Kier alpha value is -0.130. The Morgan fingerprint density at radius 3 is 2.76 bits per heavy atom. The lowest BCUT2D eigenvalue weighted by molar-refractivity contribution is -0.121. The largest absolute Gasteiger partial charge is 0.353 e. The van der Waals surface area contributed by atoms with Gasteiger partial charge in [-0.05, 0) is 19.3 Å². The zero-order valence-electron chi connectivity index (χ0n) is 10.3.